The summed E-state index contributed by atoms with van der Waals surface area (Å²) >= 11 is 6.02. The number of hydrogen-bond donors (Lipinski definition) is 1. The molecule has 0 aliphatic carbocycles. The van der Waals surface area contributed by atoms with Gasteiger partial charge in [-0.15, -0.1) is 0 Å². The van der Waals surface area contributed by atoms with Gasteiger partial charge in [-0.2, -0.15) is 0 Å². The summed E-state index contributed by atoms with van der Waals surface area (Å²) in [4.78, 5) is 18.7. The van der Waals surface area contributed by atoms with Gasteiger partial charge in [0.1, 0.15) is 0 Å². The predicted octanol–water partition coefficient (Wildman–Crippen LogP) is 3.24. The Morgan fingerprint density at radius 3 is 2.73 bits per heavy atom. The molecule has 0 bridgehead atoms. The highest BCUT2D eigenvalue weighted by molar-refractivity contribution is 6.30. The monoisotopic (exact) mass is 317 g/mol. The second kappa shape index (κ2) is 7.38. The number of hydrogen-bond acceptors (Lipinski definition) is 3. The molecule has 0 atom stereocenters. The zero-order valence-corrected chi connectivity index (χ0v) is 13.5. The second-order valence-electron chi connectivity index (χ2n) is 5.40. The molecule has 1 aromatic heterocycles. The van der Waals surface area contributed by atoms with Gasteiger partial charge < -0.3 is 10.6 Å². The minimum atomic E-state index is -0.0351. The third-order valence-electron chi connectivity index (χ3n) is 3.40. The molecular weight excluding hydrogens is 298 g/mol. The number of rotatable bonds is 5. The smallest absolute Gasteiger partial charge is 0.254 e. The van der Waals surface area contributed by atoms with Gasteiger partial charge in [-0.1, -0.05) is 23.7 Å². The summed E-state index contributed by atoms with van der Waals surface area (Å²) in [5.74, 6) is -0.0351. The van der Waals surface area contributed by atoms with Crippen LogP contribution in [0.25, 0.3) is 0 Å². The lowest BCUT2D eigenvalue weighted by atomic mass is 10.1. The van der Waals surface area contributed by atoms with Crippen molar-refractivity contribution in [2.75, 3.05) is 0 Å². The van der Waals surface area contributed by atoms with Crippen LogP contribution in [-0.4, -0.2) is 21.8 Å². The van der Waals surface area contributed by atoms with Crippen LogP contribution in [0.2, 0.25) is 5.02 Å². The molecule has 0 aliphatic rings. The molecule has 4 nitrogen and oxygen atoms in total. The van der Waals surface area contributed by atoms with Gasteiger partial charge in [0.2, 0.25) is 0 Å². The van der Waals surface area contributed by atoms with E-state index in [-0.39, 0.29) is 11.9 Å². The maximum atomic E-state index is 12.8. The molecule has 0 fully saturated rings. The highest BCUT2D eigenvalue weighted by Crippen LogP contribution is 2.16. The summed E-state index contributed by atoms with van der Waals surface area (Å²) in [6, 6.07) is 11.1. The largest absolute Gasteiger partial charge is 0.332 e. The summed E-state index contributed by atoms with van der Waals surface area (Å²) in [6.45, 7) is 4.81. The van der Waals surface area contributed by atoms with Crippen LogP contribution in [0.15, 0.2) is 42.6 Å². The Kier molecular flexibility index (Phi) is 5.52. The fourth-order valence-electron chi connectivity index (χ4n) is 2.21. The lowest BCUT2D eigenvalue weighted by Gasteiger charge is -2.27. The van der Waals surface area contributed by atoms with Crippen molar-refractivity contribution in [2.24, 2.45) is 5.73 Å². The number of halogens is 1. The number of amides is 1. The van der Waals surface area contributed by atoms with E-state index in [1.54, 1.807) is 23.2 Å². The van der Waals surface area contributed by atoms with Crippen molar-refractivity contribution in [1.82, 2.24) is 9.88 Å². The van der Waals surface area contributed by atoms with Crippen LogP contribution in [-0.2, 0) is 13.1 Å². The number of nitrogens with two attached hydrogens (primary N) is 1. The zero-order valence-electron chi connectivity index (χ0n) is 12.8. The van der Waals surface area contributed by atoms with E-state index >= 15 is 0 Å². The first-order valence-electron chi connectivity index (χ1n) is 7.21. The Labute approximate surface area is 135 Å². The van der Waals surface area contributed by atoms with E-state index in [2.05, 4.69) is 4.98 Å². The maximum Gasteiger partial charge on any atom is 0.254 e. The van der Waals surface area contributed by atoms with Gasteiger partial charge in [0.25, 0.3) is 5.91 Å². The minimum Gasteiger partial charge on any atom is -0.332 e. The van der Waals surface area contributed by atoms with Gasteiger partial charge in [0.15, 0.2) is 0 Å². The molecule has 1 heterocycles. The van der Waals surface area contributed by atoms with Crippen molar-refractivity contribution in [3.63, 3.8) is 0 Å². The van der Waals surface area contributed by atoms with Crippen molar-refractivity contribution in [3.05, 3.63) is 64.4 Å². The summed E-state index contributed by atoms with van der Waals surface area (Å²) in [5.41, 5.74) is 7.90. The zero-order chi connectivity index (χ0) is 16.1. The van der Waals surface area contributed by atoms with Crippen molar-refractivity contribution in [3.8, 4) is 0 Å². The number of carbonyl (C=O) groups excluding carboxylic acids is 1. The Morgan fingerprint density at radius 1 is 1.32 bits per heavy atom. The molecule has 2 N–H and O–H groups in total. The Hall–Kier alpha value is -1.91. The standard InChI is InChI=1S/C17H20ClN3O/c1-12(2)21(11-13-4-3-5-15(18)8-13)17(22)14-6-7-20-16(9-14)10-19/h3-9,12H,10-11,19H2,1-2H3. The average molecular weight is 318 g/mol. The van der Waals surface area contributed by atoms with E-state index in [1.807, 2.05) is 38.1 Å². The average Bonchev–Trinajstić information content (AvgIpc) is 2.52. The van der Waals surface area contributed by atoms with E-state index in [0.717, 1.165) is 5.56 Å². The van der Waals surface area contributed by atoms with E-state index in [1.165, 1.54) is 0 Å². The molecule has 0 saturated carbocycles. The van der Waals surface area contributed by atoms with Crippen LogP contribution in [0, 0.1) is 0 Å². The number of pyridine rings is 1. The first-order valence-corrected chi connectivity index (χ1v) is 7.59. The fraction of sp³-hybridized carbons (Fsp3) is 0.294. The van der Waals surface area contributed by atoms with Gasteiger partial charge in [-0.3, -0.25) is 9.78 Å². The molecule has 1 aromatic carbocycles. The molecule has 2 aromatic rings. The van der Waals surface area contributed by atoms with Crippen LogP contribution in [0.5, 0.6) is 0 Å². The SMILES string of the molecule is CC(C)N(Cc1cccc(Cl)c1)C(=O)c1ccnc(CN)c1. The summed E-state index contributed by atoms with van der Waals surface area (Å²) in [7, 11) is 0. The quantitative estimate of drug-likeness (QED) is 0.921. The molecule has 0 spiro atoms. The molecule has 1 amide bonds. The molecule has 0 saturated heterocycles. The molecule has 0 radical (unpaired) electrons. The van der Waals surface area contributed by atoms with E-state index < -0.39 is 0 Å². The number of benzene rings is 1. The highest BCUT2D eigenvalue weighted by atomic mass is 35.5. The van der Waals surface area contributed by atoms with Gasteiger partial charge in [-0.05, 0) is 43.7 Å². The summed E-state index contributed by atoms with van der Waals surface area (Å²) in [5, 5.41) is 0.669. The van der Waals surface area contributed by atoms with Crippen LogP contribution in [0.4, 0.5) is 0 Å². The lowest BCUT2D eigenvalue weighted by Crippen LogP contribution is -2.36. The van der Waals surface area contributed by atoms with Gasteiger partial charge in [0, 0.05) is 35.9 Å². The van der Waals surface area contributed by atoms with Crippen molar-refractivity contribution >= 4 is 17.5 Å². The Bertz CT molecular complexity index is 658. The molecule has 2 rings (SSSR count). The van der Waals surface area contributed by atoms with Crippen LogP contribution >= 0.6 is 11.6 Å². The first-order chi connectivity index (χ1) is 10.5. The molecule has 0 aliphatic heterocycles. The maximum absolute atomic E-state index is 12.8. The lowest BCUT2D eigenvalue weighted by molar-refractivity contribution is 0.0690. The van der Waals surface area contributed by atoms with Gasteiger partial charge >= 0.3 is 0 Å². The topological polar surface area (TPSA) is 59.2 Å². The van der Waals surface area contributed by atoms with Crippen molar-refractivity contribution < 1.29 is 4.79 Å². The van der Waals surface area contributed by atoms with Crippen LogP contribution in [0.1, 0.15) is 35.5 Å². The van der Waals surface area contributed by atoms with Gasteiger partial charge in [-0.25, -0.2) is 0 Å². The Morgan fingerprint density at radius 2 is 2.09 bits per heavy atom. The summed E-state index contributed by atoms with van der Waals surface area (Å²) in [6.07, 6.45) is 1.62. The van der Waals surface area contributed by atoms with Crippen molar-refractivity contribution in [1.29, 1.82) is 0 Å². The third-order valence-corrected chi connectivity index (χ3v) is 3.63. The molecule has 5 heteroatoms. The predicted molar refractivity (Wildman–Crippen MR) is 88.6 cm³/mol. The molecule has 116 valence electrons. The number of nitrogens with zero attached hydrogens (tertiary/aromatic N) is 2. The fourth-order valence-corrected chi connectivity index (χ4v) is 2.42. The minimum absolute atomic E-state index is 0.0351. The summed E-state index contributed by atoms with van der Waals surface area (Å²) < 4.78 is 0. The van der Waals surface area contributed by atoms with Crippen LogP contribution in [0.3, 0.4) is 0 Å². The van der Waals surface area contributed by atoms with Crippen molar-refractivity contribution in [2.45, 2.75) is 33.0 Å². The molecular formula is C17H20ClN3O. The first kappa shape index (κ1) is 16.5. The number of aromatic nitrogens is 1. The Balaban J connectivity index is 2.25. The van der Waals surface area contributed by atoms with E-state index in [0.29, 0.717) is 29.4 Å². The van der Waals surface area contributed by atoms with E-state index in [9.17, 15) is 4.79 Å². The molecule has 0 unspecified atom stereocenters. The number of carbonyl (C=O) groups is 1. The molecule has 22 heavy (non-hydrogen) atoms. The van der Waals surface area contributed by atoms with E-state index in [4.69, 9.17) is 17.3 Å². The van der Waals surface area contributed by atoms with Crippen LogP contribution < -0.4 is 5.73 Å². The second-order valence-corrected chi connectivity index (χ2v) is 5.83. The van der Waals surface area contributed by atoms with Gasteiger partial charge in [0.05, 0.1) is 5.69 Å². The normalized spacial score (nSPS) is 10.8. The highest BCUT2D eigenvalue weighted by Gasteiger charge is 2.19. The third kappa shape index (κ3) is 4.06.